The third-order valence-electron chi connectivity index (χ3n) is 4.02. The molecule has 0 amide bonds. The van der Waals surface area contributed by atoms with E-state index >= 15 is 0 Å². The van der Waals surface area contributed by atoms with E-state index in [4.69, 9.17) is 0 Å². The molecule has 0 aromatic carbocycles. The number of hydrogen-bond donors (Lipinski definition) is 1. The van der Waals surface area contributed by atoms with Crippen LogP contribution in [0.1, 0.15) is 40.0 Å². The Morgan fingerprint density at radius 1 is 1.33 bits per heavy atom. The number of hydrogen-bond acceptors (Lipinski definition) is 4. The molecule has 7 heteroatoms. The number of rotatable bonds is 8. The SMILES string of the molecule is CSCC(C)N(C)S(=O)(=O)N1CCCCC1CNC(C)C. The highest BCUT2D eigenvalue weighted by atomic mass is 32.2. The monoisotopic (exact) mass is 337 g/mol. The molecular formula is C14H31N3O2S2. The van der Waals surface area contributed by atoms with Gasteiger partial charge >= 0.3 is 0 Å². The highest BCUT2D eigenvalue weighted by Gasteiger charge is 2.36. The highest BCUT2D eigenvalue weighted by Crippen LogP contribution is 2.23. The Bertz CT molecular complexity index is 401. The summed E-state index contributed by atoms with van der Waals surface area (Å²) in [5, 5.41) is 3.38. The Balaban J connectivity index is 2.81. The molecule has 1 N–H and O–H groups in total. The Morgan fingerprint density at radius 3 is 2.57 bits per heavy atom. The molecule has 21 heavy (non-hydrogen) atoms. The summed E-state index contributed by atoms with van der Waals surface area (Å²) in [4.78, 5) is 0. The second-order valence-electron chi connectivity index (χ2n) is 6.15. The van der Waals surface area contributed by atoms with E-state index in [0.29, 0.717) is 12.6 Å². The van der Waals surface area contributed by atoms with Gasteiger partial charge in [-0.15, -0.1) is 0 Å². The Hall–Kier alpha value is 0.180. The molecule has 5 nitrogen and oxygen atoms in total. The molecule has 1 rings (SSSR count). The summed E-state index contributed by atoms with van der Waals surface area (Å²) in [6.07, 6.45) is 5.03. The summed E-state index contributed by atoms with van der Waals surface area (Å²) in [5.74, 6) is 0.818. The van der Waals surface area contributed by atoms with Crippen LogP contribution >= 0.6 is 11.8 Å². The van der Waals surface area contributed by atoms with Gasteiger partial charge in [0.2, 0.25) is 0 Å². The van der Waals surface area contributed by atoms with Crippen LogP contribution in [0.15, 0.2) is 0 Å². The average Bonchev–Trinajstić information content (AvgIpc) is 2.44. The van der Waals surface area contributed by atoms with Crippen molar-refractivity contribution in [2.24, 2.45) is 0 Å². The number of thioether (sulfide) groups is 1. The minimum Gasteiger partial charge on any atom is -0.313 e. The molecule has 0 spiro atoms. The van der Waals surface area contributed by atoms with Gasteiger partial charge in [-0.05, 0) is 26.0 Å². The fraction of sp³-hybridized carbons (Fsp3) is 1.00. The second kappa shape index (κ2) is 8.72. The van der Waals surface area contributed by atoms with Crippen molar-refractivity contribution in [3.05, 3.63) is 0 Å². The van der Waals surface area contributed by atoms with Crippen molar-refractivity contribution in [1.82, 2.24) is 13.9 Å². The molecule has 0 saturated carbocycles. The Labute approximate surface area is 135 Å². The maximum Gasteiger partial charge on any atom is 0.282 e. The summed E-state index contributed by atoms with van der Waals surface area (Å²) in [6, 6.07) is 0.477. The van der Waals surface area contributed by atoms with Crippen LogP contribution in [0, 0.1) is 0 Å². The Kier molecular flexibility index (Phi) is 7.98. The van der Waals surface area contributed by atoms with E-state index in [0.717, 1.165) is 31.6 Å². The van der Waals surface area contributed by atoms with E-state index in [1.165, 1.54) is 4.31 Å². The van der Waals surface area contributed by atoms with Crippen molar-refractivity contribution in [3.63, 3.8) is 0 Å². The first kappa shape index (κ1) is 19.2. The second-order valence-corrected chi connectivity index (χ2v) is 9.00. The van der Waals surface area contributed by atoms with E-state index in [1.807, 2.05) is 13.2 Å². The van der Waals surface area contributed by atoms with Crippen LogP contribution in [0.25, 0.3) is 0 Å². The minimum atomic E-state index is -3.37. The molecule has 0 aromatic rings. The largest absolute Gasteiger partial charge is 0.313 e. The maximum atomic E-state index is 12.9. The molecule has 1 aliphatic rings. The molecule has 1 heterocycles. The molecule has 2 atom stereocenters. The first-order valence-corrected chi connectivity index (χ1v) is 10.6. The van der Waals surface area contributed by atoms with Gasteiger partial charge in [0.25, 0.3) is 10.2 Å². The van der Waals surface area contributed by atoms with Gasteiger partial charge in [-0.3, -0.25) is 0 Å². The van der Waals surface area contributed by atoms with Gasteiger partial charge in [0.15, 0.2) is 0 Å². The van der Waals surface area contributed by atoms with Gasteiger partial charge in [-0.2, -0.15) is 28.8 Å². The van der Waals surface area contributed by atoms with E-state index < -0.39 is 10.2 Å². The molecule has 126 valence electrons. The zero-order valence-corrected chi connectivity index (χ0v) is 15.6. The molecule has 2 unspecified atom stereocenters. The molecule has 1 aliphatic heterocycles. The maximum absolute atomic E-state index is 12.9. The molecule has 1 fully saturated rings. The summed E-state index contributed by atoms with van der Waals surface area (Å²) >= 11 is 1.68. The van der Waals surface area contributed by atoms with Gasteiger partial charge in [0.1, 0.15) is 0 Å². The average molecular weight is 338 g/mol. The first-order valence-electron chi connectivity index (χ1n) is 7.77. The zero-order valence-electron chi connectivity index (χ0n) is 14.0. The van der Waals surface area contributed by atoms with Crippen molar-refractivity contribution in [1.29, 1.82) is 0 Å². The van der Waals surface area contributed by atoms with Gasteiger partial charge in [0.05, 0.1) is 0 Å². The third-order valence-corrected chi connectivity index (χ3v) is 7.00. The summed E-state index contributed by atoms with van der Waals surface area (Å²) in [6.45, 7) is 7.53. The van der Waals surface area contributed by atoms with E-state index in [1.54, 1.807) is 23.1 Å². The highest BCUT2D eigenvalue weighted by molar-refractivity contribution is 7.98. The van der Waals surface area contributed by atoms with Gasteiger partial charge in [-0.25, -0.2) is 0 Å². The van der Waals surface area contributed by atoms with E-state index in [9.17, 15) is 8.42 Å². The smallest absolute Gasteiger partial charge is 0.282 e. The molecular weight excluding hydrogens is 306 g/mol. The lowest BCUT2D eigenvalue weighted by Gasteiger charge is -2.38. The summed E-state index contributed by atoms with van der Waals surface area (Å²) in [5.41, 5.74) is 0. The van der Waals surface area contributed by atoms with Crippen LogP contribution in [-0.4, -0.2) is 67.3 Å². The number of nitrogens with one attached hydrogen (secondary N) is 1. The normalized spacial score (nSPS) is 22.9. The predicted molar refractivity (Wildman–Crippen MR) is 92.0 cm³/mol. The zero-order chi connectivity index (χ0) is 16.0. The fourth-order valence-corrected chi connectivity index (χ4v) is 5.17. The van der Waals surface area contributed by atoms with Crippen molar-refractivity contribution in [2.75, 3.05) is 32.1 Å². The number of nitrogens with zero attached hydrogens (tertiary/aromatic N) is 2. The minimum absolute atomic E-state index is 0.0191. The quantitative estimate of drug-likeness (QED) is 0.733. The molecule has 0 radical (unpaired) electrons. The van der Waals surface area contributed by atoms with Crippen LogP contribution in [-0.2, 0) is 10.2 Å². The topological polar surface area (TPSA) is 52.7 Å². The molecule has 0 aliphatic carbocycles. The van der Waals surface area contributed by atoms with Crippen LogP contribution in [0.2, 0.25) is 0 Å². The molecule has 0 bridgehead atoms. The lowest BCUT2D eigenvalue weighted by Crippen LogP contribution is -2.55. The van der Waals surface area contributed by atoms with Crippen LogP contribution in [0.3, 0.4) is 0 Å². The van der Waals surface area contributed by atoms with Crippen LogP contribution in [0.5, 0.6) is 0 Å². The molecule has 1 saturated heterocycles. The van der Waals surface area contributed by atoms with E-state index in [-0.39, 0.29) is 12.1 Å². The van der Waals surface area contributed by atoms with Crippen molar-refractivity contribution in [2.45, 2.75) is 58.2 Å². The van der Waals surface area contributed by atoms with Gasteiger partial charge in [0, 0.05) is 44.0 Å². The lowest BCUT2D eigenvalue weighted by molar-refractivity contribution is 0.223. The first-order chi connectivity index (χ1) is 9.80. The van der Waals surface area contributed by atoms with Gasteiger partial charge in [-0.1, -0.05) is 20.3 Å². The fourth-order valence-electron chi connectivity index (χ4n) is 2.59. The van der Waals surface area contributed by atoms with E-state index in [2.05, 4.69) is 19.2 Å². The van der Waals surface area contributed by atoms with Gasteiger partial charge < -0.3 is 5.32 Å². The predicted octanol–water partition coefficient (Wildman–Crippen LogP) is 1.77. The van der Waals surface area contributed by atoms with Crippen LogP contribution in [0.4, 0.5) is 0 Å². The van der Waals surface area contributed by atoms with Crippen molar-refractivity contribution >= 4 is 22.0 Å². The molecule has 0 aromatic heterocycles. The van der Waals surface area contributed by atoms with Crippen LogP contribution < -0.4 is 5.32 Å². The Morgan fingerprint density at radius 2 is 2.00 bits per heavy atom. The third kappa shape index (κ3) is 5.39. The van der Waals surface area contributed by atoms with Crippen molar-refractivity contribution in [3.8, 4) is 0 Å². The lowest BCUT2D eigenvalue weighted by atomic mass is 10.0. The summed E-state index contributed by atoms with van der Waals surface area (Å²) in [7, 11) is -1.66. The standard InChI is InChI=1S/C14H31N3O2S2/c1-12(2)15-10-14-8-6-7-9-17(14)21(18,19)16(4)13(3)11-20-5/h12-15H,6-11H2,1-5H3. The van der Waals surface area contributed by atoms with Crippen molar-refractivity contribution < 1.29 is 8.42 Å². The number of piperidine rings is 1. The summed E-state index contributed by atoms with van der Waals surface area (Å²) < 4.78 is 29.0.